The first-order chi connectivity index (χ1) is 15.1. The highest BCUT2D eigenvalue weighted by atomic mass is 32.2. The molecule has 4 rings (SSSR count). The Hall–Kier alpha value is -3.17. The molecule has 5 nitrogen and oxygen atoms in total. The zero-order valence-corrected chi connectivity index (χ0v) is 17.6. The average molecular weight is 460 g/mol. The first-order valence-electron chi connectivity index (χ1n) is 9.80. The maximum atomic E-state index is 12.9. The van der Waals surface area contributed by atoms with Crippen LogP contribution in [0, 0.1) is 0 Å². The van der Waals surface area contributed by atoms with Crippen LogP contribution in [-0.2, 0) is 29.2 Å². The van der Waals surface area contributed by atoms with Crippen molar-refractivity contribution in [2.45, 2.75) is 24.0 Å². The molecule has 1 N–H and O–H groups in total. The number of hydrogen-bond donors (Lipinski definition) is 1. The number of nitrogens with zero attached hydrogens (tertiary/aromatic N) is 1. The number of alkyl halides is 3. The van der Waals surface area contributed by atoms with Crippen molar-refractivity contribution >= 4 is 21.6 Å². The summed E-state index contributed by atoms with van der Waals surface area (Å²) in [5.41, 5.74) is 1.44. The molecule has 166 valence electrons. The van der Waals surface area contributed by atoms with Crippen molar-refractivity contribution < 1.29 is 26.4 Å². The van der Waals surface area contributed by atoms with Crippen LogP contribution in [0.5, 0.6) is 0 Å². The molecule has 0 atom stereocenters. The number of rotatable bonds is 4. The highest BCUT2D eigenvalue weighted by Gasteiger charge is 2.30. The monoisotopic (exact) mass is 460 g/mol. The molecule has 0 unspecified atom stereocenters. The predicted octanol–water partition coefficient (Wildman–Crippen LogP) is 4.70. The van der Waals surface area contributed by atoms with E-state index in [4.69, 9.17) is 0 Å². The lowest BCUT2D eigenvalue weighted by molar-refractivity contribution is -0.137. The fourth-order valence-electron chi connectivity index (χ4n) is 3.57. The molecule has 0 radical (unpaired) electrons. The lowest BCUT2D eigenvalue weighted by Crippen LogP contribution is -2.36. The Morgan fingerprint density at radius 3 is 2.25 bits per heavy atom. The van der Waals surface area contributed by atoms with Crippen LogP contribution < -0.4 is 5.32 Å². The van der Waals surface area contributed by atoms with Gasteiger partial charge in [0.05, 0.1) is 10.5 Å². The number of carbonyl (C=O) groups is 1. The van der Waals surface area contributed by atoms with E-state index in [-0.39, 0.29) is 17.0 Å². The van der Waals surface area contributed by atoms with E-state index in [9.17, 15) is 26.4 Å². The van der Waals surface area contributed by atoms with E-state index in [0.29, 0.717) is 18.7 Å². The van der Waals surface area contributed by atoms with Gasteiger partial charge in [0, 0.05) is 24.3 Å². The normalized spacial score (nSPS) is 14.6. The van der Waals surface area contributed by atoms with E-state index in [2.05, 4.69) is 5.32 Å². The van der Waals surface area contributed by atoms with Gasteiger partial charge in [0.15, 0.2) is 0 Å². The number of benzene rings is 3. The number of nitrogens with one attached hydrogen (secondary N) is 1. The molecule has 1 amide bonds. The Balaban J connectivity index is 1.51. The van der Waals surface area contributed by atoms with Gasteiger partial charge in [-0.05, 0) is 66.1 Å². The Morgan fingerprint density at radius 2 is 1.59 bits per heavy atom. The Bertz CT molecular complexity index is 1240. The lowest BCUT2D eigenvalue weighted by atomic mass is 10.0. The van der Waals surface area contributed by atoms with Gasteiger partial charge < -0.3 is 5.32 Å². The summed E-state index contributed by atoms with van der Waals surface area (Å²) in [7, 11) is -3.65. The maximum absolute atomic E-state index is 12.9. The molecule has 9 heteroatoms. The molecule has 32 heavy (non-hydrogen) atoms. The second-order valence-electron chi connectivity index (χ2n) is 7.41. The summed E-state index contributed by atoms with van der Waals surface area (Å²) in [5.74, 6) is -0.553. The first kappa shape index (κ1) is 22.0. The van der Waals surface area contributed by atoms with Gasteiger partial charge in [-0.15, -0.1) is 0 Å². The summed E-state index contributed by atoms with van der Waals surface area (Å²) >= 11 is 0. The van der Waals surface area contributed by atoms with Gasteiger partial charge in [0.25, 0.3) is 5.91 Å². The smallest absolute Gasteiger partial charge is 0.322 e. The van der Waals surface area contributed by atoms with Crippen LogP contribution in [-0.4, -0.2) is 25.2 Å². The highest BCUT2D eigenvalue weighted by molar-refractivity contribution is 7.89. The minimum atomic E-state index is -4.47. The van der Waals surface area contributed by atoms with Crippen molar-refractivity contribution in [3.8, 4) is 0 Å². The molecule has 1 aliphatic rings. The third-order valence-corrected chi connectivity index (χ3v) is 7.16. The summed E-state index contributed by atoms with van der Waals surface area (Å²) in [6.07, 6.45) is -3.94. The summed E-state index contributed by atoms with van der Waals surface area (Å²) in [5, 5.41) is 2.66. The molecule has 0 saturated heterocycles. The highest BCUT2D eigenvalue weighted by Crippen LogP contribution is 2.30. The van der Waals surface area contributed by atoms with Crippen molar-refractivity contribution in [1.82, 2.24) is 4.31 Å². The molecule has 3 aromatic rings. The van der Waals surface area contributed by atoms with Crippen LogP contribution in [0.1, 0.15) is 27.0 Å². The molecular formula is C23H19F3N2O3S. The van der Waals surface area contributed by atoms with Gasteiger partial charge in [0.2, 0.25) is 10.0 Å². The molecule has 0 aromatic heterocycles. The maximum Gasteiger partial charge on any atom is 0.416 e. The van der Waals surface area contributed by atoms with Crippen molar-refractivity contribution in [3.05, 3.63) is 95.1 Å². The minimum Gasteiger partial charge on any atom is -0.322 e. The molecular weight excluding hydrogens is 441 g/mol. The van der Waals surface area contributed by atoms with Crippen LogP contribution in [0.25, 0.3) is 0 Å². The van der Waals surface area contributed by atoms with Crippen molar-refractivity contribution in [2.24, 2.45) is 0 Å². The number of anilines is 1. The Morgan fingerprint density at radius 1 is 0.906 bits per heavy atom. The van der Waals surface area contributed by atoms with Gasteiger partial charge in [0.1, 0.15) is 0 Å². The van der Waals surface area contributed by atoms with Crippen LogP contribution in [0.3, 0.4) is 0 Å². The second-order valence-corrected chi connectivity index (χ2v) is 9.35. The number of carbonyl (C=O) groups excluding carboxylic acids is 1. The third kappa shape index (κ3) is 4.53. The number of fused-ring (bicyclic) bond motifs is 1. The number of hydrogen-bond acceptors (Lipinski definition) is 3. The quantitative estimate of drug-likeness (QED) is 0.614. The van der Waals surface area contributed by atoms with Gasteiger partial charge >= 0.3 is 6.18 Å². The number of halogens is 3. The average Bonchev–Trinajstić information content (AvgIpc) is 2.78. The second kappa shape index (κ2) is 8.40. The molecule has 0 spiro atoms. The summed E-state index contributed by atoms with van der Waals surface area (Å²) in [4.78, 5) is 12.7. The minimum absolute atomic E-state index is 0.0870. The van der Waals surface area contributed by atoms with Gasteiger partial charge in [-0.25, -0.2) is 8.42 Å². The van der Waals surface area contributed by atoms with E-state index in [1.807, 2.05) is 6.07 Å². The van der Waals surface area contributed by atoms with E-state index in [0.717, 1.165) is 35.4 Å². The van der Waals surface area contributed by atoms with Crippen molar-refractivity contribution in [1.29, 1.82) is 0 Å². The fraction of sp³-hybridized carbons (Fsp3) is 0.174. The zero-order chi connectivity index (χ0) is 22.9. The van der Waals surface area contributed by atoms with Gasteiger partial charge in [-0.1, -0.05) is 24.3 Å². The zero-order valence-electron chi connectivity index (χ0n) is 16.8. The van der Waals surface area contributed by atoms with E-state index in [1.165, 1.54) is 4.31 Å². The molecule has 0 bridgehead atoms. The fourth-order valence-corrected chi connectivity index (χ4v) is 5.01. The van der Waals surface area contributed by atoms with Crippen molar-refractivity contribution in [3.63, 3.8) is 0 Å². The Labute approximate surface area is 183 Å². The summed E-state index contributed by atoms with van der Waals surface area (Å²) in [6, 6.07) is 17.3. The van der Waals surface area contributed by atoms with E-state index < -0.39 is 27.7 Å². The predicted molar refractivity (Wildman–Crippen MR) is 114 cm³/mol. The van der Waals surface area contributed by atoms with Crippen LogP contribution in [0.2, 0.25) is 0 Å². The van der Waals surface area contributed by atoms with E-state index >= 15 is 0 Å². The topological polar surface area (TPSA) is 66.5 Å². The molecule has 0 fully saturated rings. The first-order valence-corrected chi connectivity index (χ1v) is 11.2. The Kier molecular flexibility index (Phi) is 5.79. The van der Waals surface area contributed by atoms with E-state index in [1.54, 1.807) is 42.5 Å². The molecule has 1 aliphatic heterocycles. The van der Waals surface area contributed by atoms with Crippen molar-refractivity contribution in [2.75, 3.05) is 11.9 Å². The van der Waals surface area contributed by atoms with Crippen LogP contribution >= 0.6 is 0 Å². The van der Waals surface area contributed by atoms with Gasteiger partial charge in [-0.2, -0.15) is 17.5 Å². The molecule has 1 heterocycles. The largest absolute Gasteiger partial charge is 0.416 e. The molecule has 0 aliphatic carbocycles. The lowest BCUT2D eigenvalue weighted by Gasteiger charge is -2.28. The van der Waals surface area contributed by atoms with Crippen LogP contribution in [0.4, 0.5) is 18.9 Å². The number of sulfonamides is 1. The standard InChI is InChI=1S/C23H19F3N2O3S/c24-23(25,26)19-9-6-17(7-10-19)22(29)27-20-11-8-16-12-13-28(15-18(16)14-20)32(30,31)21-4-2-1-3-5-21/h1-11,14H,12-13,15H2,(H,27,29). The summed E-state index contributed by atoms with van der Waals surface area (Å²) in [6.45, 7) is 0.512. The van der Waals surface area contributed by atoms with Gasteiger partial charge in [-0.3, -0.25) is 4.79 Å². The SMILES string of the molecule is O=C(Nc1ccc2c(c1)CN(S(=O)(=O)c1ccccc1)CC2)c1ccc(C(F)(F)F)cc1. The third-order valence-electron chi connectivity index (χ3n) is 5.30. The van der Waals surface area contributed by atoms with Crippen LogP contribution in [0.15, 0.2) is 77.7 Å². The molecule has 0 saturated carbocycles. The molecule has 3 aromatic carbocycles. The number of amides is 1. The summed E-state index contributed by atoms with van der Waals surface area (Å²) < 4.78 is 65.3.